The quantitative estimate of drug-likeness (QED) is 0.352. The number of aromatic hydroxyl groups is 1. The van der Waals surface area contributed by atoms with Gasteiger partial charge in [0.2, 0.25) is 0 Å². The first-order valence-corrected chi connectivity index (χ1v) is 9.41. The van der Waals surface area contributed by atoms with Gasteiger partial charge in [-0.3, -0.25) is 4.79 Å². The van der Waals surface area contributed by atoms with E-state index in [4.69, 9.17) is 9.47 Å². The normalized spacial score (nSPS) is 11.4. The molecule has 0 saturated heterocycles. The molecule has 4 heteroatoms. The highest BCUT2D eigenvalue weighted by Gasteiger charge is 2.23. The number of benzene rings is 2. The number of carbonyl (C=O) groups excluding carboxylic acids is 1. The van der Waals surface area contributed by atoms with Gasteiger partial charge >= 0.3 is 0 Å². The van der Waals surface area contributed by atoms with Crippen LogP contribution in [-0.2, 0) is 5.41 Å². The molecule has 0 radical (unpaired) electrons. The Hall–Kier alpha value is -3.01. The minimum atomic E-state index is -0.307. The van der Waals surface area contributed by atoms with Crippen LogP contribution in [0, 0.1) is 0 Å². The fourth-order valence-corrected chi connectivity index (χ4v) is 2.76. The summed E-state index contributed by atoms with van der Waals surface area (Å²) in [5.41, 5.74) is 1.97. The molecule has 2 rings (SSSR count). The molecular formula is C24H28O4. The molecule has 1 N–H and O–H groups in total. The van der Waals surface area contributed by atoms with Crippen LogP contribution in [0.1, 0.15) is 49.2 Å². The van der Waals surface area contributed by atoms with Crippen LogP contribution >= 0.6 is 0 Å². The summed E-state index contributed by atoms with van der Waals surface area (Å²) in [6.45, 7) is 13.0. The summed E-state index contributed by atoms with van der Waals surface area (Å²) >= 11 is 0. The lowest BCUT2D eigenvalue weighted by Gasteiger charge is -2.25. The molecule has 148 valence electrons. The molecule has 0 unspecified atom stereocenters. The van der Waals surface area contributed by atoms with Gasteiger partial charge in [-0.2, -0.15) is 0 Å². The molecule has 0 heterocycles. The molecule has 0 saturated carbocycles. The van der Waals surface area contributed by atoms with E-state index in [1.807, 2.05) is 32.1 Å². The molecule has 0 amide bonds. The third kappa shape index (κ3) is 5.03. The average molecular weight is 380 g/mol. The lowest BCUT2D eigenvalue weighted by molar-refractivity contribution is 0.104. The van der Waals surface area contributed by atoms with Crippen LogP contribution in [0.15, 0.2) is 55.1 Å². The Bertz CT molecular complexity index is 861. The Morgan fingerprint density at radius 2 is 1.68 bits per heavy atom. The Kier molecular flexibility index (Phi) is 7.05. The maximum atomic E-state index is 12.5. The zero-order chi connectivity index (χ0) is 20.7. The van der Waals surface area contributed by atoms with E-state index in [-0.39, 0.29) is 16.9 Å². The minimum Gasteiger partial charge on any atom is -0.508 e. The zero-order valence-corrected chi connectivity index (χ0v) is 17.0. The number of phenols is 1. The van der Waals surface area contributed by atoms with Crippen LogP contribution in [0.3, 0.4) is 0 Å². The standard InChI is InChI=1S/C24H28O4/c1-6-24(4,5)20-15-18(22(27-7-2)16-23(20)28-8-3)11-14-21(26)17-9-12-19(25)13-10-17/h6,9-16,25H,1,7-8H2,2-5H3/b14-11+. The predicted octanol–water partition coefficient (Wildman–Crippen LogP) is 5.55. The van der Waals surface area contributed by atoms with Gasteiger partial charge in [-0.15, -0.1) is 6.58 Å². The maximum Gasteiger partial charge on any atom is 0.185 e. The van der Waals surface area contributed by atoms with Gasteiger partial charge in [-0.1, -0.05) is 19.9 Å². The monoisotopic (exact) mass is 380 g/mol. The van der Waals surface area contributed by atoms with Gasteiger partial charge in [-0.25, -0.2) is 0 Å². The van der Waals surface area contributed by atoms with Gasteiger partial charge < -0.3 is 14.6 Å². The zero-order valence-electron chi connectivity index (χ0n) is 17.0. The minimum absolute atomic E-state index is 0.127. The first-order valence-electron chi connectivity index (χ1n) is 9.41. The van der Waals surface area contributed by atoms with E-state index in [1.165, 1.54) is 18.2 Å². The van der Waals surface area contributed by atoms with Crippen LogP contribution < -0.4 is 9.47 Å². The molecule has 0 aromatic heterocycles. The van der Waals surface area contributed by atoms with Crippen LogP contribution in [0.25, 0.3) is 6.08 Å². The smallest absolute Gasteiger partial charge is 0.185 e. The average Bonchev–Trinajstić information content (AvgIpc) is 2.68. The van der Waals surface area contributed by atoms with Crippen molar-refractivity contribution in [2.45, 2.75) is 33.1 Å². The second-order valence-corrected chi connectivity index (χ2v) is 6.92. The number of allylic oxidation sites excluding steroid dienone is 2. The molecule has 0 atom stereocenters. The van der Waals surface area contributed by atoms with E-state index in [0.29, 0.717) is 24.5 Å². The molecule has 0 bridgehead atoms. The molecule has 4 nitrogen and oxygen atoms in total. The van der Waals surface area contributed by atoms with Gasteiger partial charge in [0.1, 0.15) is 17.2 Å². The van der Waals surface area contributed by atoms with Gasteiger partial charge in [-0.05, 0) is 56.3 Å². The van der Waals surface area contributed by atoms with E-state index in [2.05, 4.69) is 20.4 Å². The topological polar surface area (TPSA) is 55.8 Å². The molecule has 0 aliphatic rings. The number of rotatable bonds is 9. The highest BCUT2D eigenvalue weighted by Crippen LogP contribution is 2.38. The van der Waals surface area contributed by atoms with Gasteiger partial charge in [0.25, 0.3) is 0 Å². The number of ketones is 1. The van der Waals surface area contributed by atoms with Crippen LogP contribution in [0.5, 0.6) is 17.2 Å². The van der Waals surface area contributed by atoms with Gasteiger partial charge in [0.15, 0.2) is 5.78 Å². The maximum absolute atomic E-state index is 12.5. The summed E-state index contributed by atoms with van der Waals surface area (Å²) in [7, 11) is 0. The van der Waals surface area contributed by atoms with Crippen molar-refractivity contribution < 1.29 is 19.4 Å². The third-order valence-electron chi connectivity index (χ3n) is 4.48. The van der Waals surface area contributed by atoms with Crippen molar-refractivity contribution in [3.8, 4) is 17.2 Å². The summed E-state index contributed by atoms with van der Waals surface area (Å²) in [4.78, 5) is 12.5. The lowest BCUT2D eigenvalue weighted by Crippen LogP contribution is -2.16. The Morgan fingerprint density at radius 1 is 1.07 bits per heavy atom. The third-order valence-corrected chi connectivity index (χ3v) is 4.48. The number of hydrogen-bond donors (Lipinski definition) is 1. The first-order chi connectivity index (χ1) is 13.3. The predicted molar refractivity (Wildman–Crippen MR) is 113 cm³/mol. The molecule has 0 aliphatic heterocycles. The number of carbonyl (C=O) groups is 1. The number of phenolic OH excluding ortho intramolecular Hbond substituents is 1. The van der Waals surface area contributed by atoms with Crippen molar-refractivity contribution in [1.82, 2.24) is 0 Å². The fraction of sp³-hybridized carbons (Fsp3) is 0.292. The highest BCUT2D eigenvalue weighted by molar-refractivity contribution is 6.07. The van der Waals surface area contributed by atoms with Crippen molar-refractivity contribution in [3.63, 3.8) is 0 Å². The largest absolute Gasteiger partial charge is 0.508 e. The molecular weight excluding hydrogens is 352 g/mol. The second-order valence-electron chi connectivity index (χ2n) is 6.92. The van der Waals surface area contributed by atoms with Gasteiger partial charge in [0, 0.05) is 28.2 Å². The summed E-state index contributed by atoms with van der Waals surface area (Å²) in [5, 5.41) is 9.38. The van der Waals surface area contributed by atoms with Crippen molar-refractivity contribution >= 4 is 11.9 Å². The fourth-order valence-electron chi connectivity index (χ4n) is 2.76. The molecule has 28 heavy (non-hydrogen) atoms. The van der Waals surface area contributed by atoms with E-state index >= 15 is 0 Å². The van der Waals surface area contributed by atoms with Crippen LogP contribution in [0.2, 0.25) is 0 Å². The molecule has 2 aromatic carbocycles. The van der Waals surface area contributed by atoms with Crippen molar-refractivity contribution in [2.75, 3.05) is 13.2 Å². The Labute approximate surface area is 167 Å². The van der Waals surface area contributed by atoms with Crippen LogP contribution in [-0.4, -0.2) is 24.1 Å². The van der Waals surface area contributed by atoms with Crippen molar-refractivity contribution in [1.29, 1.82) is 0 Å². The molecule has 0 spiro atoms. The summed E-state index contributed by atoms with van der Waals surface area (Å²) in [6, 6.07) is 10.0. The van der Waals surface area contributed by atoms with Crippen molar-refractivity contribution in [3.05, 3.63) is 71.8 Å². The SMILES string of the molecule is C=CC(C)(C)c1cc(/C=C/C(=O)c2ccc(O)cc2)c(OCC)cc1OCC. The van der Waals surface area contributed by atoms with Gasteiger partial charge in [0.05, 0.1) is 13.2 Å². The van der Waals surface area contributed by atoms with E-state index in [1.54, 1.807) is 18.2 Å². The number of ether oxygens (including phenoxy) is 2. The first kappa shape index (κ1) is 21.3. The van der Waals surface area contributed by atoms with E-state index in [9.17, 15) is 9.90 Å². The lowest BCUT2D eigenvalue weighted by atomic mass is 9.83. The second kappa shape index (κ2) is 9.27. The van der Waals surface area contributed by atoms with E-state index < -0.39 is 0 Å². The summed E-state index contributed by atoms with van der Waals surface area (Å²) in [6.07, 6.45) is 5.13. The molecule has 2 aromatic rings. The molecule has 0 aliphatic carbocycles. The Balaban J connectivity index is 2.48. The highest BCUT2D eigenvalue weighted by atomic mass is 16.5. The summed E-state index contributed by atoms with van der Waals surface area (Å²) < 4.78 is 11.6. The van der Waals surface area contributed by atoms with Crippen LogP contribution in [0.4, 0.5) is 0 Å². The number of hydrogen-bond acceptors (Lipinski definition) is 4. The van der Waals surface area contributed by atoms with Crippen molar-refractivity contribution in [2.24, 2.45) is 0 Å². The summed E-state index contributed by atoms with van der Waals surface area (Å²) in [5.74, 6) is 1.38. The van der Waals surface area contributed by atoms with E-state index in [0.717, 1.165) is 16.9 Å². The Morgan fingerprint density at radius 3 is 2.25 bits per heavy atom. The molecule has 0 fully saturated rings.